The number of benzene rings is 2. The summed E-state index contributed by atoms with van der Waals surface area (Å²) in [5.74, 6) is 2.43. The van der Waals surface area contributed by atoms with Gasteiger partial charge in [-0.25, -0.2) is 0 Å². The third-order valence-electron chi connectivity index (χ3n) is 3.05. The fourth-order valence-corrected chi connectivity index (χ4v) is 1.90. The lowest BCUT2D eigenvalue weighted by atomic mass is 10.1. The standard InChI is InChI=1S/C18H23NO2/c1-18(2,3)19-13-14-8-5-6-11-17(14)21-16-10-7-9-15(12-16)20-4/h5-12,19H,13H2,1-4H3. The van der Waals surface area contributed by atoms with Crippen LogP contribution < -0.4 is 14.8 Å². The van der Waals surface area contributed by atoms with Crippen LogP contribution in [0.2, 0.25) is 0 Å². The Hall–Kier alpha value is -2.00. The van der Waals surface area contributed by atoms with Gasteiger partial charge in [-0.1, -0.05) is 24.3 Å². The second-order valence-corrected chi connectivity index (χ2v) is 5.99. The molecule has 0 saturated heterocycles. The Balaban J connectivity index is 2.15. The SMILES string of the molecule is COc1cccc(Oc2ccccc2CNC(C)(C)C)c1. The Morgan fingerprint density at radius 2 is 1.67 bits per heavy atom. The van der Waals surface area contributed by atoms with Gasteiger partial charge in [-0.05, 0) is 39.0 Å². The lowest BCUT2D eigenvalue weighted by Crippen LogP contribution is -2.35. The van der Waals surface area contributed by atoms with Gasteiger partial charge in [0.2, 0.25) is 0 Å². The molecule has 0 fully saturated rings. The molecular weight excluding hydrogens is 262 g/mol. The van der Waals surface area contributed by atoms with Gasteiger partial charge in [-0.3, -0.25) is 0 Å². The first-order valence-electron chi connectivity index (χ1n) is 7.13. The summed E-state index contributed by atoms with van der Waals surface area (Å²) in [4.78, 5) is 0. The Labute approximate surface area is 126 Å². The van der Waals surface area contributed by atoms with Crippen molar-refractivity contribution in [1.82, 2.24) is 5.32 Å². The van der Waals surface area contributed by atoms with Crippen LogP contribution in [0.15, 0.2) is 48.5 Å². The molecular formula is C18H23NO2. The monoisotopic (exact) mass is 285 g/mol. The molecule has 0 aliphatic carbocycles. The van der Waals surface area contributed by atoms with Gasteiger partial charge < -0.3 is 14.8 Å². The zero-order valence-electron chi connectivity index (χ0n) is 13.1. The molecule has 0 aromatic heterocycles. The Kier molecular flexibility index (Phi) is 4.86. The molecule has 0 atom stereocenters. The molecule has 3 heteroatoms. The molecule has 0 bridgehead atoms. The molecule has 2 rings (SSSR count). The van der Waals surface area contributed by atoms with Crippen molar-refractivity contribution in [3.8, 4) is 17.2 Å². The maximum absolute atomic E-state index is 6.00. The normalized spacial score (nSPS) is 11.2. The van der Waals surface area contributed by atoms with E-state index in [4.69, 9.17) is 9.47 Å². The van der Waals surface area contributed by atoms with Crippen molar-refractivity contribution < 1.29 is 9.47 Å². The minimum Gasteiger partial charge on any atom is -0.497 e. The van der Waals surface area contributed by atoms with Crippen LogP contribution >= 0.6 is 0 Å². The van der Waals surface area contributed by atoms with E-state index >= 15 is 0 Å². The zero-order chi connectivity index (χ0) is 15.3. The minimum absolute atomic E-state index is 0.0725. The van der Waals surface area contributed by atoms with E-state index in [-0.39, 0.29) is 5.54 Å². The van der Waals surface area contributed by atoms with E-state index in [1.165, 1.54) is 0 Å². The van der Waals surface area contributed by atoms with Crippen molar-refractivity contribution in [2.24, 2.45) is 0 Å². The van der Waals surface area contributed by atoms with Crippen molar-refractivity contribution in [3.63, 3.8) is 0 Å². The summed E-state index contributed by atoms with van der Waals surface area (Å²) < 4.78 is 11.2. The summed E-state index contributed by atoms with van der Waals surface area (Å²) in [6.45, 7) is 7.22. The molecule has 0 aliphatic heterocycles. The van der Waals surface area contributed by atoms with Gasteiger partial charge >= 0.3 is 0 Å². The first-order chi connectivity index (χ1) is 9.98. The van der Waals surface area contributed by atoms with Gasteiger partial charge in [-0.15, -0.1) is 0 Å². The maximum Gasteiger partial charge on any atom is 0.131 e. The quantitative estimate of drug-likeness (QED) is 0.884. The van der Waals surface area contributed by atoms with Gasteiger partial charge in [0.1, 0.15) is 17.2 Å². The Bertz CT molecular complexity index is 588. The molecule has 2 aromatic rings. The average molecular weight is 285 g/mol. The van der Waals surface area contributed by atoms with Crippen LogP contribution in [0.3, 0.4) is 0 Å². The van der Waals surface area contributed by atoms with E-state index in [2.05, 4.69) is 32.2 Å². The zero-order valence-corrected chi connectivity index (χ0v) is 13.1. The predicted octanol–water partition coefficient (Wildman–Crippen LogP) is 4.38. The highest BCUT2D eigenvalue weighted by molar-refractivity contribution is 5.40. The second-order valence-electron chi connectivity index (χ2n) is 5.99. The number of rotatable bonds is 5. The Morgan fingerprint density at radius 1 is 0.952 bits per heavy atom. The molecule has 0 spiro atoms. The van der Waals surface area contributed by atoms with E-state index < -0.39 is 0 Å². The molecule has 0 aliphatic rings. The maximum atomic E-state index is 6.00. The summed E-state index contributed by atoms with van der Waals surface area (Å²) >= 11 is 0. The molecule has 3 nitrogen and oxygen atoms in total. The topological polar surface area (TPSA) is 30.5 Å². The molecule has 0 amide bonds. The highest BCUT2D eigenvalue weighted by atomic mass is 16.5. The molecule has 0 radical (unpaired) electrons. The van der Waals surface area contributed by atoms with Crippen LogP contribution in [0.1, 0.15) is 26.3 Å². The lowest BCUT2D eigenvalue weighted by Gasteiger charge is -2.21. The van der Waals surface area contributed by atoms with Crippen molar-refractivity contribution in [2.75, 3.05) is 7.11 Å². The molecule has 21 heavy (non-hydrogen) atoms. The van der Waals surface area contributed by atoms with E-state index in [1.54, 1.807) is 7.11 Å². The van der Waals surface area contributed by atoms with Crippen LogP contribution in [-0.4, -0.2) is 12.6 Å². The minimum atomic E-state index is 0.0725. The van der Waals surface area contributed by atoms with E-state index in [0.717, 1.165) is 29.4 Å². The summed E-state index contributed by atoms with van der Waals surface area (Å²) in [6.07, 6.45) is 0. The first-order valence-corrected chi connectivity index (χ1v) is 7.13. The second kappa shape index (κ2) is 6.64. The van der Waals surface area contributed by atoms with Crippen molar-refractivity contribution >= 4 is 0 Å². The molecule has 2 aromatic carbocycles. The lowest BCUT2D eigenvalue weighted by molar-refractivity contribution is 0.404. The van der Waals surface area contributed by atoms with Crippen LogP contribution in [0.25, 0.3) is 0 Å². The highest BCUT2D eigenvalue weighted by Gasteiger charge is 2.11. The van der Waals surface area contributed by atoms with Gasteiger partial charge in [-0.2, -0.15) is 0 Å². The van der Waals surface area contributed by atoms with Crippen LogP contribution in [0, 0.1) is 0 Å². The molecule has 112 valence electrons. The fraction of sp³-hybridized carbons (Fsp3) is 0.333. The third-order valence-corrected chi connectivity index (χ3v) is 3.05. The molecule has 1 N–H and O–H groups in total. The summed E-state index contributed by atoms with van der Waals surface area (Å²) in [5.41, 5.74) is 1.21. The van der Waals surface area contributed by atoms with E-state index in [9.17, 15) is 0 Å². The number of methoxy groups -OCH3 is 1. The number of hydrogen-bond acceptors (Lipinski definition) is 3. The molecule has 0 heterocycles. The van der Waals surface area contributed by atoms with Gasteiger partial charge in [0, 0.05) is 23.7 Å². The van der Waals surface area contributed by atoms with Crippen molar-refractivity contribution in [2.45, 2.75) is 32.9 Å². The smallest absolute Gasteiger partial charge is 0.131 e. The van der Waals surface area contributed by atoms with Gasteiger partial charge in [0.05, 0.1) is 7.11 Å². The van der Waals surface area contributed by atoms with Crippen molar-refractivity contribution in [3.05, 3.63) is 54.1 Å². The van der Waals surface area contributed by atoms with Crippen molar-refractivity contribution in [1.29, 1.82) is 0 Å². The van der Waals surface area contributed by atoms with Crippen LogP contribution in [-0.2, 0) is 6.54 Å². The number of para-hydroxylation sites is 1. The molecule has 0 unspecified atom stereocenters. The fourth-order valence-electron chi connectivity index (χ4n) is 1.90. The third kappa shape index (κ3) is 4.80. The van der Waals surface area contributed by atoms with E-state index in [0.29, 0.717) is 0 Å². The first kappa shape index (κ1) is 15.4. The Morgan fingerprint density at radius 3 is 2.38 bits per heavy atom. The molecule has 0 saturated carbocycles. The number of nitrogens with one attached hydrogen (secondary N) is 1. The summed E-state index contributed by atoms with van der Waals surface area (Å²) in [5, 5.41) is 3.48. The highest BCUT2D eigenvalue weighted by Crippen LogP contribution is 2.28. The van der Waals surface area contributed by atoms with Gasteiger partial charge in [0.15, 0.2) is 0 Å². The predicted molar refractivity (Wildman–Crippen MR) is 86.1 cm³/mol. The van der Waals surface area contributed by atoms with Crippen LogP contribution in [0.5, 0.6) is 17.2 Å². The summed E-state index contributed by atoms with van der Waals surface area (Å²) in [7, 11) is 1.65. The van der Waals surface area contributed by atoms with Gasteiger partial charge in [0.25, 0.3) is 0 Å². The number of hydrogen-bond donors (Lipinski definition) is 1. The number of ether oxygens (including phenoxy) is 2. The van der Waals surface area contributed by atoms with Crippen LogP contribution in [0.4, 0.5) is 0 Å². The van der Waals surface area contributed by atoms with E-state index in [1.807, 2.05) is 42.5 Å². The largest absolute Gasteiger partial charge is 0.497 e. The average Bonchev–Trinajstić information content (AvgIpc) is 2.46. The summed E-state index contributed by atoms with van der Waals surface area (Å²) in [6, 6.07) is 15.7.